The smallest absolute Gasteiger partial charge is 0.337 e. The summed E-state index contributed by atoms with van der Waals surface area (Å²) in [4.78, 5) is 22.3. The van der Waals surface area contributed by atoms with E-state index in [0.717, 1.165) is 0 Å². The first-order valence-electron chi connectivity index (χ1n) is 5.05. The third-order valence-electron chi connectivity index (χ3n) is 2.64. The molecule has 4 nitrogen and oxygen atoms in total. The molecule has 18 heavy (non-hydrogen) atoms. The van der Waals surface area contributed by atoms with Gasteiger partial charge in [-0.15, -0.1) is 6.42 Å². The van der Waals surface area contributed by atoms with E-state index in [0.29, 0.717) is 10.8 Å². The second kappa shape index (κ2) is 4.22. The van der Waals surface area contributed by atoms with Gasteiger partial charge in [-0.3, -0.25) is 0 Å². The lowest BCUT2D eigenvalue weighted by atomic mass is 9.94. The van der Waals surface area contributed by atoms with Crippen LogP contribution in [0.15, 0.2) is 30.3 Å². The molecule has 2 rings (SSSR count). The van der Waals surface area contributed by atoms with Crippen LogP contribution in [0.4, 0.5) is 0 Å². The highest BCUT2D eigenvalue weighted by Crippen LogP contribution is 2.25. The Balaban J connectivity index is 3.02. The van der Waals surface area contributed by atoms with Crippen molar-refractivity contribution in [2.75, 3.05) is 0 Å². The van der Waals surface area contributed by atoms with Gasteiger partial charge in [-0.1, -0.05) is 30.2 Å². The number of hydrogen-bond donors (Lipinski definition) is 2. The van der Waals surface area contributed by atoms with Crippen LogP contribution in [0, 0.1) is 12.3 Å². The predicted octanol–water partition coefficient (Wildman–Crippen LogP) is 2.22. The lowest BCUT2D eigenvalue weighted by Crippen LogP contribution is -2.11. The van der Waals surface area contributed by atoms with E-state index < -0.39 is 11.9 Å². The molecule has 2 aromatic carbocycles. The molecule has 0 atom stereocenters. The summed E-state index contributed by atoms with van der Waals surface area (Å²) in [5, 5.41) is 19.4. The van der Waals surface area contributed by atoms with Crippen LogP contribution in [0.25, 0.3) is 10.8 Å². The molecule has 0 unspecified atom stereocenters. The molecule has 0 fully saturated rings. The zero-order valence-electron chi connectivity index (χ0n) is 9.18. The van der Waals surface area contributed by atoms with Gasteiger partial charge in [-0.25, -0.2) is 9.59 Å². The van der Waals surface area contributed by atoms with Crippen LogP contribution in [-0.4, -0.2) is 22.2 Å². The summed E-state index contributed by atoms with van der Waals surface area (Å²) in [7, 11) is 0. The van der Waals surface area contributed by atoms with Gasteiger partial charge in [0.05, 0.1) is 11.1 Å². The van der Waals surface area contributed by atoms with Crippen molar-refractivity contribution >= 4 is 22.7 Å². The third kappa shape index (κ3) is 1.68. The standard InChI is InChI=1S/C14H8O4/c1-2-9-10-6-4-3-5-8(10)7-11(13(15)16)12(9)14(17)18/h1,3-7H,(H,15,16)(H,17,18). The van der Waals surface area contributed by atoms with Gasteiger partial charge in [0.15, 0.2) is 0 Å². The zero-order chi connectivity index (χ0) is 13.3. The lowest BCUT2D eigenvalue weighted by molar-refractivity contribution is 0.0651. The molecule has 0 saturated carbocycles. The van der Waals surface area contributed by atoms with Gasteiger partial charge in [0, 0.05) is 5.56 Å². The fourth-order valence-corrected chi connectivity index (χ4v) is 1.89. The molecule has 0 aromatic heterocycles. The largest absolute Gasteiger partial charge is 0.478 e. The highest BCUT2D eigenvalue weighted by atomic mass is 16.4. The van der Waals surface area contributed by atoms with Crippen molar-refractivity contribution in [1.82, 2.24) is 0 Å². The van der Waals surface area contributed by atoms with Crippen LogP contribution in [0.3, 0.4) is 0 Å². The molecule has 2 aromatic rings. The fraction of sp³-hybridized carbons (Fsp3) is 0. The van der Waals surface area contributed by atoms with Gasteiger partial charge in [-0.05, 0) is 16.8 Å². The first-order valence-corrected chi connectivity index (χ1v) is 5.05. The molecule has 0 aliphatic carbocycles. The van der Waals surface area contributed by atoms with Gasteiger partial charge in [0.2, 0.25) is 0 Å². The molecule has 0 radical (unpaired) electrons. The average molecular weight is 240 g/mol. The normalized spacial score (nSPS) is 9.94. The average Bonchev–Trinajstić information content (AvgIpc) is 2.35. The highest BCUT2D eigenvalue weighted by Gasteiger charge is 2.21. The number of terminal acetylenes is 1. The highest BCUT2D eigenvalue weighted by molar-refractivity contribution is 6.09. The van der Waals surface area contributed by atoms with Crippen LogP contribution in [0.1, 0.15) is 26.3 Å². The summed E-state index contributed by atoms with van der Waals surface area (Å²) in [6.07, 6.45) is 5.32. The first kappa shape index (κ1) is 11.7. The van der Waals surface area contributed by atoms with Crippen molar-refractivity contribution in [1.29, 1.82) is 0 Å². The maximum Gasteiger partial charge on any atom is 0.337 e. The Hall–Kier alpha value is -2.80. The van der Waals surface area contributed by atoms with E-state index in [9.17, 15) is 9.59 Å². The van der Waals surface area contributed by atoms with Gasteiger partial charge < -0.3 is 10.2 Å². The summed E-state index contributed by atoms with van der Waals surface area (Å²) in [5.74, 6) is -0.381. The van der Waals surface area contributed by atoms with Crippen molar-refractivity contribution in [3.8, 4) is 12.3 Å². The molecule has 4 heteroatoms. The monoisotopic (exact) mass is 240 g/mol. The second-order valence-corrected chi connectivity index (χ2v) is 3.65. The molecule has 2 N–H and O–H groups in total. The van der Waals surface area contributed by atoms with Gasteiger partial charge in [-0.2, -0.15) is 0 Å². The lowest BCUT2D eigenvalue weighted by Gasteiger charge is -2.08. The van der Waals surface area contributed by atoms with Crippen molar-refractivity contribution in [3.05, 3.63) is 47.0 Å². The van der Waals surface area contributed by atoms with Crippen LogP contribution in [-0.2, 0) is 0 Å². The molecule has 0 bridgehead atoms. The maximum atomic E-state index is 11.2. The maximum absolute atomic E-state index is 11.2. The summed E-state index contributed by atoms with van der Waals surface area (Å²) in [5.41, 5.74) is -0.546. The van der Waals surface area contributed by atoms with Crippen molar-refractivity contribution in [2.45, 2.75) is 0 Å². The van der Waals surface area contributed by atoms with Crippen LogP contribution < -0.4 is 0 Å². The molecule has 0 saturated heterocycles. The van der Waals surface area contributed by atoms with E-state index in [-0.39, 0.29) is 16.7 Å². The minimum Gasteiger partial charge on any atom is -0.478 e. The molecule has 0 aliphatic heterocycles. The van der Waals surface area contributed by atoms with Gasteiger partial charge >= 0.3 is 11.9 Å². The fourth-order valence-electron chi connectivity index (χ4n) is 1.89. The van der Waals surface area contributed by atoms with Crippen molar-refractivity contribution in [3.63, 3.8) is 0 Å². The molecule has 88 valence electrons. The molecule has 0 aliphatic rings. The number of fused-ring (bicyclic) bond motifs is 1. The minimum absolute atomic E-state index is 0.0954. The number of aromatic carboxylic acids is 2. The summed E-state index contributed by atoms with van der Waals surface area (Å²) >= 11 is 0. The Bertz CT molecular complexity index is 708. The van der Waals surface area contributed by atoms with E-state index in [1.54, 1.807) is 24.3 Å². The number of carboxylic acids is 2. The Morgan fingerprint density at radius 2 is 1.78 bits per heavy atom. The van der Waals surface area contributed by atoms with E-state index >= 15 is 0 Å². The van der Waals surface area contributed by atoms with E-state index in [1.807, 2.05) is 0 Å². The topological polar surface area (TPSA) is 74.6 Å². The number of carboxylic acid groups (broad SMARTS) is 2. The Labute approximate surface area is 102 Å². The Kier molecular flexibility index (Phi) is 2.74. The number of carbonyl (C=O) groups is 2. The van der Waals surface area contributed by atoms with Crippen molar-refractivity contribution in [2.24, 2.45) is 0 Å². The van der Waals surface area contributed by atoms with Crippen LogP contribution >= 0.6 is 0 Å². The summed E-state index contributed by atoms with van der Waals surface area (Å²) in [6, 6.07) is 8.13. The molecule has 0 spiro atoms. The van der Waals surface area contributed by atoms with E-state index in [2.05, 4.69) is 5.92 Å². The molecular weight excluding hydrogens is 232 g/mol. The Morgan fingerprint density at radius 3 is 2.33 bits per heavy atom. The van der Waals surface area contributed by atoms with Gasteiger partial charge in [0.1, 0.15) is 0 Å². The van der Waals surface area contributed by atoms with Crippen molar-refractivity contribution < 1.29 is 19.8 Å². The SMILES string of the molecule is C#Cc1c(C(=O)O)c(C(=O)O)cc2ccccc12. The predicted molar refractivity (Wildman–Crippen MR) is 65.8 cm³/mol. The molecular formula is C14H8O4. The molecule has 0 heterocycles. The third-order valence-corrected chi connectivity index (χ3v) is 2.64. The minimum atomic E-state index is -1.34. The molecule has 0 amide bonds. The van der Waals surface area contributed by atoms with E-state index in [1.165, 1.54) is 6.07 Å². The number of benzene rings is 2. The number of rotatable bonds is 2. The second-order valence-electron chi connectivity index (χ2n) is 3.65. The summed E-state index contributed by atoms with van der Waals surface area (Å²) < 4.78 is 0. The van der Waals surface area contributed by atoms with Gasteiger partial charge in [0.25, 0.3) is 0 Å². The van der Waals surface area contributed by atoms with E-state index in [4.69, 9.17) is 16.6 Å². The first-order chi connectivity index (χ1) is 8.56. The number of hydrogen-bond acceptors (Lipinski definition) is 2. The zero-order valence-corrected chi connectivity index (χ0v) is 9.18. The quantitative estimate of drug-likeness (QED) is 0.789. The Morgan fingerprint density at radius 1 is 1.11 bits per heavy atom. The van der Waals surface area contributed by atoms with Crippen LogP contribution in [0.2, 0.25) is 0 Å². The summed E-state index contributed by atoms with van der Waals surface area (Å²) in [6.45, 7) is 0. The van der Waals surface area contributed by atoms with Crippen LogP contribution in [0.5, 0.6) is 0 Å².